The lowest BCUT2D eigenvalue weighted by molar-refractivity contribution is 0.0786. The summed E-state index contributed by atoms with van der Waals surface area (Å²) in [5.41, 5.74) is 8.33. The number of hydrogen-bond donors (Lipinski definition) is 1. The van der Waals surface area contributed by atoms with Gasteiger partial charge in [-0.05, 0) is 42.8 Å². The first kappa shape index (κ1) is 18.4. The number of nitrogens with two attached hydrogens (primary N) is 1. The third kappa shape index (κ3) is 3.47. The number of pyridine rings is 1. The Kier molecular flexibility index (Phi) is 4.59. The number of hydrogen-bond acceptors (Lipinski definition) is 6. The van der Waals surface area contributed by atoms with Crippen LogP contribution in [-0.4, -0.2) is 33.9 Å². The molecule has 4 rings (SSSR count). The van der Waals surface area contributed by atoms with Crippen LogP contribution in [0.2, 0.25) is 0 Å². The molecule has 1 aromatic carbocycles. The minimum atomic E-state index is -0.492. The van der Waals surface area contributed by atoms with Gasteiger partial charge in [-0.25, -0.2) is 4.98 Å². The van der Waals surface area contributed by atoms with E-state index in [1.165, 1.54) is 6.26 Å². The Morgan fingerprint density at radius 2 is 1.93 bits per heavy atom. The zero-order valence-electron chi connectivity index (χ0n) is 15.9. The van der Waals surface area contributed by atoms with Gasteiger partial charge in [0.2, 0.25) is 5.91 Å². The summed E-state index contributed by atoms with van der Waals surface area (Å²) in [6, 6.07) is 12.0. The summed E-state index contributed by atoms with van der Waals surface area (Å²) in [6.45, 7) is 2.11. The number of furan rings is 1. The average Bonchev–Trinajstić information content (AvgIpc) is 3.37. The van der Waals surface area contributed by atoms with Gasteiger partial charge in [0, 0.05) is 19.2 Å². The molecule has 0 aliphatic carbocycles. The standard InChI is InChI=1S/C21H18N4O4/c1-12-18-15(10-16(17-4-3-9-28-17)23-20(18)29-24-12)21(27)25(2)11-13-5-7-14(8-6-13)19(22)26/h3-10H,11H2,1-2H3,(H2,22,26). The molecular weight excluding hydrogens is 372 g/mol. The number of aryl methyl sites for hydroxylation is 1. The van der Waals surface area contributed by atoms with Gasteiger partial charge < -0.3 is 19.6 Å². The summed E-state index contributed by atoms with van der Waals surface area (Å²) in [5, 5.41) is 4.52. The molecule has 0 radical (unpaired) electrons. The van der Waals surface area contributed by atoms with Gasteiger partial charge in [-0.2, -0.15) is 0 Å². The molecule has 2 amide bonds. The molecule has 0 aliphatic rings. The lowest BCUT2D eigenvalue weighted by Crippen LogP contribution is -2.26. The maximum atomic E-state index is 13.2. The van der Waals surface area contributed by atoms with E-state index in [0.717, 1.165) is 5.56 Å². The first-order valence-corrected chi connectivity index (χ1v) is 8.89. The van der Waals surface area contributed by atoms with Crippen molar-refractivity contribution in [3.05, 3.63) is 71.1 Å². The van der Waals surface area contributed by atoms with E-state index in [1.54, 1.807) is 61.3 Å². The van der Waals surface area contributed by atoms with Crippen LogP contribution in [0, 0.1) is 6.92 Å². The summed E-state index contributed by atoms with van der Waals surface area (Å²) < 4.78 is 10.7. The fourth-order valence-corrected chi connectivity index (χ4v) is 3.14. The topological polar surface area (TPSA) is 115 Å². The third-order valence-electron chi connectivity index (χ3n) is 4.63. The molecule has 4 aromatic rings. The Bertz CT molecular complexity index is 1190. The Morgan fingerprint density at radius 1 is 1.17 bits per heavy atom. The van der Waals surface area contributed by atoms with Crippen LogP contribution in [0.1, 0.15) is 32.0 Å². The number of benzene rings is 1. The highest BCUT2D eigenvalue weighted by Crippen LogP contribution is 2.28. The van der Waals surface area contributed by atoms with Crippen LogP contribution in [-0.2, 0) is 6.54 Å². The first-order chi connectivity index (χ1) is 13.9. The van der Waals surface area contributed by atoms with E-state index in [1.807, 2.05) is 0 Å². The van der Waals surface area contributed by atoms with E-state index in [9.17, 15) is 9.59 Å². The SMILES string of the molecule is Cc1noc2nc(-c3ccco3)cc(C(=O)N(C)Cc3ccc(C(N)=O)cc3)c12. The molecule has 8 heteroatoms. The maximum Gasteiger partial charge on any atom is 0.259 e. The maximum absolute atomic E-state index is 13.2. The number of aromatic nitrogens is 2. The number of nitrogens with zero attached hydrogens (tertiary/aromatic N) is 3. The van der Waals surface area contributed by atoms with Crippen LogP contribution in [0.4, 0.5) is 0 Å². The molecule has 3 heterocycles. The molecule has 0 aliphatic heterocycles. The normalized spacial score (nSPS) is 11.0. The number of carbonyl (C=O) groups excluding carboxylic acids is 2. The minimum Gasteiger partial charge on any atom is -0.463 e. The molecule has 146 valence electrons. The fourth-order valence-electron chi connectivity index (χ4n) is 3.14. The number of primary amides is 1. The van der Waals surface area contributed by atoms with Crippen LogP contribution >= 0.6 is 0 Å². The van der Waals surface area contributed by atoms with E-state index < -0.39 is 5.91 Å². The second-order valence-corrected chi connectivity index (χ2v) is 6.70. The van der Waals surface area contributed by atoms with E-state index >= 15 is 0 Å². The van der Waals surface area contributed by atoms with Crippen molar-refractivity contribution in [2.75, 3.05) is 7.05 Å². The van der Waals surface area contributed by atoms with Crippen LogP contribution in [0.5, 0.6) is 0 Å². The van der Waals surface area contributed by atoms with Crippen molar-refractivity contribution >= 4 is 22.9 Å². The van der Waals surface area contributed by atoms with Gasteiger partial charge in [0.25, 0.3) is 11.6 Å². The van der Waals surface area contributed by atoms with Gasteiger partial charge in [-0.3, -0.25) is 9.59 Å². The van der Waals surface area contributed by atoms with E-state index in [0.29, 0.717) is 40.2 Å². The first-order valence-electron chi connectivity index (χ1n) is 8.89. The molecule has 0 fully saturated rings. The van der Waals surface area contributed by atoms with Gasteiger partial charge in [-0.15, -0.1) is 0 Å². The van der Waals surface area contributed by atoms with Crippen LogP contribution < -0.4 is 5.73 Å². The Morgan fingerprint density at radius 3 is 2.59 bits per heavy atom. The third-order valence-corrected chi connectivity index (χ3v) is 4.63. The summed E-state index contributed by atoms with van der Waals surface area (Å²) in [6.07, 6.45) is 1.54. The van der Waals surface area contributed by atoms with Crippen molar-refractivity contribution in [1.82, 2.24) is 15.0 Å². The lowest BCUT2D eigenvalue weighted by Gasteiger charge is -2.18. The van der Waals surface area contributed by atoms with Crippen molar-refractivity contribution in [2.24, 2.45) is 5.73 Å². The summed E-state index contributed by atoms with van der Waals surface area (Å²) in [4.78, 5) is 30.4. The van der Waals surface area contributed by atoms with E-state index in [-0.39, 0.29) is 11.6 Å². The van der Waals surface area contributed by atoms with Crippen LogP contribution in [0.3, 0.4) is 0 Å². The zero-order chi connectivity index (χ0) is 20.5. The highest BCUT2D eigenvalue weighted by Gasteiger charge is 2.22. The van der Waals surface area contributed by atoms with Crippen molar-refractivity contribution in [3.8, 4) is 11.5 Å². The summed E-state index contributed by atoms with van der Waals surface area (Å²) in [5.74, 6) is -0.177. The summed E-state index contributed by atoms with van der Waals surface area (Å²) in [7, 11) is 1.70. The molecule has 0 spiro atoms. The quantitative estimate of drug-likeness (QED) is 0.560. The second-order valence-electron chi connectivity index (χ2n) is 6.70. The van der Waals surface area contributed by atoms with Crippen LogP contribution in [0.15, 0.2) is 57.7 Å². The lowest BCUT2D eigenvalue weighted by atomic mass is 10.1. The average molecular weight is 390 g/mol. The smallest absolute Gasteiger partial charge is 0.259 e. The Hall–Kier alpha value is -3.94. The molecule has 29 heavy (non-hydrogen) atoms. The number of carbonyl (C=O) groups is 2. The van der Waals surface area contributed by atoms with Crippen LogP contribution in [0.25, 0.3) is 22.6 Å². The molecule has 3 aromatic heterocycles. The Balaban J connectivity index is 1.68. The summed E-state index contributed by atoms with van der Waals surface area (Å²) >= 11 is 0. The highest BCUT2D eigenvalue weighted by atomic mass is 16.5. The van der Waals surface area contributed by atoms with Gasteiger partial charge in [0.1, 0.15) is 5.69 Å². The molecule has 0 atom stereocenters. The zero-order valence-corrected chi connectivity index (χ0v) is 15.9. The molecular formula is C21H18N4O4. The van der Waals surface area contributed by atoms with Gasteiger partial charge in [0.15, 0.2) is 5.76 Å². The monoisotopic (exact) mass is 390 g/mol. The predicted molar refractivity (Wildman–Crippen MR) is 105 cm³/mol. The van der Waals surface area contributed by atoms with Gasteiger partial charge in [-0.1, -0.05) is 17.3 Å². The molecule has 0 unspecified atom stereocenters. The minimum absolute atomic E-state index is 0.213. The second kappa shape index (κ2) is 7.23. The Labute approximate surface area is 165 Å². The molecule has 0 bridgehead atoms. The molecule has 2 N–H and O–H groups in total. The van der Waals surface area contributed by atoms with Crippen molar-refractivity contribution in [2.45, 2.75) is 13.5 Å². The van der Waals surface area contributed by atoms with Crippen molar-refractivity contribution < 1.29 is 18.5 Å². The molecule has 8 nitrogen and oxygen atoms in total. The predicted octanol–water partition coefficient (Wildman–Crippen LogP) is 3.16. The van der Waals surface area contributed by atoms with Crippen molar-refractivity contribution in [1.29, 1.82) is 0 Å². The highest BCUT2D eigenvalue weighted by molar-refractivity contribution is 6.06. The number of fused-ring (bicyclic) bond motifs is 1. The van der Waals surface area contributed by atoms with E-state index in [2.05, 4.69) is 10.1 Å². The van der Waals surface area contributed by atoms with Gasteiger partial charge in [0.05, 0.1) is 22.9 Å². The number of amides is 2. The molecule has 0 saturated carbocycles. The largest absolute Gasteiger partial charge is 0.463 e. The van der Waals surface area contributed by atoms with Gasteiger partial charge >= 0.3 is 0 Å². The van der Waals surface area contributed by atoms with Crippen molar-refractivity contribution in [3.63, 3.8) is 0 Å². The number of rotatable bonds is 5. The fraction of sp³-hybridized carbons (Fsp3) is 0.143. The van der Waals surface area contributed by atoms with E-state index in [4.69, 9.17) is 14.7 Å². The molecule has 0 saturated heterocycles.